The first-order chi connectivity index (χ1) is 14.3. The predicted octanol–water partition coefficient (Wildman–Crippen LogP) is -0.327. The Morgan fingerprint density at radius 1 is 1.13 bits per heavy atom. The van der Waals surface area contributed by atoms with E-state index >= 15 is 0 Å². The number of nitrogens with zero attached hydrogens (tertiary/aromatic N) is 6. The van der Waals surface area contributed by atoms with Gasteiger partial charge in [-0.25, -0.2) is 9.59 Å². The fraction of sp³-hybridized carbons (Fsp3) is 0.400. The highest BCUT2D eigenvalue weighted by Gasteiger charge is 2.44. The molecule has 0 atom stereocenters. The molecular weight excluding hydrogens is 388 g/mol. The number of carbonyl (C=O) groups excluding carboxylic acids is 3. The van der Waals surface area contributed by atoms with Gasteiger partial charge >= 0.3 is 17.8 Å². The summed E-state index contributed by atoms with van der Waals surface area (Å²) in [5.41, 5.74) is 0.761. The minimum Gasteiger partial charge on any atom is -0.484 e. The molecule has 1 aromatic rings. The fourth-order valence-corrected chi connectivity index (χ4v) is 3.42. The number of hydrogen-bond acceptors (Lipinski definition) is 7. The molecule has 0 saturated carbocycles. The van der Waals surface area contributed by atoms with Crippen LogP contribution in [0.3, 0.4) is 0 Å². The molecule has 0 radical (unpaired) electrons. The molecule has 0 spiro atoms. The molecule has 0 bridgehead atoms. The van der Waals surface area contributed by atoms with Crippen LogP contribution in [0, 0.1) is 0 Å². The van der Waals surface area contributed by atoms with Gasteiger partial charge in [-0.15, -0.1) is 0 Å². The summed E-state index contributed by atoms with van der Waals surface area (Å²) < 4.78 is 6.98. The van der Waals surface area contributed by atoms with Gasteiger partial charge in [0.15, 0.2) is 6.61 Å². The number of ether oxygens (including phenoxy) is 1. The molecule has 30 heavy (non-hydrogen) atoms. The van der Waals surface area contributed by atoms with Crippen molar-refractivity contribution in [2.75, 3.05) is 53.9 Å². The minimum absolute atomic E-state index is 0.0495. The number of rotatable bonds is 4. The second kappa shape index (κ2) is 7.79. The second-order valence-electron chi connectivity index (χ2n) is 7.43. The first-order valence-corrected chi connectivity index (χ1v) is 9.65. The average Bonchev–Trinajstić information content (AvgIpc) is 3.21. The van der Waals surface area contributed by atoms with Crippen molar-refractivity contribution in [1.82, 2.24) is 14.7 Å². The van der Waals surface area contributed by atoms with E-state index in [-0.39, 0.29) is 24.1 Å². The number of fused-ring (bicyclic) bond motifs is 1. The summed E-state index contributed by atoms with van der Waals surface area (Å²) >= 11 is 0. The Balaban J connectivity index is 1.48. The molecule has 0 N–H and O–H groups in total. The van der Waals surface area contributed by atoms with E-state index in [1.807, 2.05) is 7.05 Å². The van der Waals surface area contributed by atoms with E-state index in [1.54, 1.807) is 36.2 Å². The predicted molar refractivity (Wildman–Crippen MR) is 109 cm³/mol. The molecule has 3 heterocycles. The largest absolute Gasteiger partial charge is 0.484 e. The summed E-state index contributed by atoms with van der Waals surface area (Å²) in [4.78, 5) is 50.5. The number of benzene rings is 1. The normalized spacial score (nSPS) is 19.7. The van der Waals surface area contributed by atoms with Crippen LogP contribution in [-0.2, 0) is 9.59 Å². The lowest BCUT2D eigenvalue weighted by molar-refractivity contribution is -0.401. The molecule has 4 amide bonds. The van der Waals surface area contributed by atoms with Gasteiger partial charge in [-0.2, -0.15) is 14.5 Å². The molecule has 3 aliphatic rings. The Bertz CT molecular complexity index is 1020. The molecule has 0 aromatic heterocycles. The summed E-state index contributed by atoms with van der Waals surface area (Å²) in [6, 6.07) is 6.56. The van der Waals surface area contributed by atoms with Crippen molar-refractivity contribution >= 4 is 35.2 Å². The standard InChI is InChI=1S/C20H23N6O4/c1-23-7-9-26(10-8-23)15(27)12-30-14-6-4-5-13(11-14)17-21-16-18(22-17)24(2)20(29)25(3)19(16)28/h4-6,11H,7-10,12H2,1-3H3/q+1. The SMILES string of the molecule is CN1CCN(C(=O)COc2cccc(C3=NC4=[N+](C)C(=O)N(C)C(=O)C4=N3)c2)CC1. The van der Waals surface area contributed by atoms with Crippen molar-refractivity contribution in [1.29, 1.82) is 0 Å². The van der Waals surface area contributed by atoms with Crippen LogP contribution in [0.4, 0.5) is 4.79 Å². The Morgan fingerprint density at radius 3 is 2.60 bits per heavy atom. The molecule has 0 aliphatic carbocycles. The van der Waals surface area contributed by atoms with E-state index in [9.17, 15) is 14.4 Å². The van der Waals surface area contributed by atoms with Gasteiger partial charge in [-0.3, -0.25) is 4.79 Å². The van der Waals surface area contributed by atoms with Gasteiger partial charge in [0.05, 0.1) is 14.1 Å². The van der Waals surface area contributed by atoms with Gasteiger partial charge in [-0.1, -0.05) is 11.1 Å². The molecule has 0 unspecified atom stereocenters. The van der Waals surface area contributed by atoms with E-state index in [4.69, 9.17) is 4.74 Å². The zero-order valence-corrected chi connectivity index (χ0v) is 17.2. The van der Waals surface area contributed by atoms with Gasteiger partial charge in [0.2, 0.25) is 11.5 Å². The summed E-state index contributed by atoms with van der Waals surface area (Å²) in [5.74, 6) is 0.513. The highest BCUT2D eigenvalue weighted by Crippen LogP contribution is 2.19. The van der Waals surface area contributed by atoms with Crippen molar-refractivity contribution in [3.63, 3.8) is 0 Å². The minimum atomic E-state index is -0.489. The van der Waals surface area contributed by atoms with Gasteiger partial charge in [0, 0.05) is 31.7 Å². The lowest BCUT2D eigenvalue weighted by Crippen LogP contribution is -2.51. The van der Waals surface area contributed by atoms with Crippen LogP contribution in [-0.4, -0.2) is 108 Å². The highest BCUT2D eigenvalue weighted by atomic mass is 16.5. The van der Waals surface area contributed by atoms with E-state index in [2.05, 4.69) is 14.9 Å². The molecule has 1 fully saturated rings. The number of likely N-dealkylation sites (N-methyl/N-ethyl adjacent to an activating group) is 1. The van der Waals surface area contributed by atoms with Crippen molar-refractivity contribution in [3.8, 4) is 5.75 Å². The van der Waals surface area contributed by atoms with E-state index in [0.717, 1.165) is 18.0 Å². The number of amides is 4. The lowest BCUT2D eigenvalue weighted by atomic mass is 10.2. The van der Waals surface area contributed by atoms with Crippen molar-refractivity contribution in [3.05, 3.63) is 29.8 Å². The smallest absolute Gasteiger partial charge is 0.446 e. The Morgan fingerprint density at radius 2 is 1.87 bits per heavy atom. The molecule has 1 saturated heterocycles. The summed E-state index contributed by atoms with van der Waals surface area (Å²) in [6.07, 6.45) is 0. The Labute approximate surface area is 173 Å². The third kappa shape index (κ3) is 3.61. The maximum Gasteiger partial charge on any atom is 0.446 e. The number of amidine groups is 2. The van der Waals surface area contributed by atoms with Crippen LogP contribution in [0.5, 0.6) is 5.75 Å². The van der Waals surface area contributed by atoms with Crippen molar-refractivity contribution in [2.45, 2.75) is 0 Å². The Kier molecular flexibility index (Phi) is 5.17. The van der Waals surface area contributed by atoms with Crippen molar-refractivity contribution < 1.29 is 23.7 Å². The number of imide groups is 1. The van der Waals surface area contributed by atoms with Crippen LogP contribution < -0.4 is 4.74 Å². The van der Waals surface area contributed by atoms with Gasteiger partial charge in [0.25, 0.3) is 5.91 Å². The third-order valence-electron chi connectivity index (χ3n) is 5.35. The number of carbonyl (C=O) groups is 3. The maximum atomic E-state index is 12.4. The number of hydrogen-bond donors (Lipinski definition) is 0. The fourth-order valence-electron chi connectivity index (χ4n) is 3.42. The lowest BCUT2D eigenvalue weighted by Gasteiger charge is -2.32. The van der Waals surface area contributed by atoms with Gasteiger partial charge < -0.3 is 14.5 Å². The summed E-state index contributed by atoms with van der Waals surface area (Å²) in [5, 5.41) is 0. The maximum absolute atomic E-state index is 12.4. The van der Waals surface area contributed by atoms with E-state index in [1.165, 1.54) is 11.6 Å². The van der Waals surface area contributed by atoms with Crippen LogP contribution in [0.15, 0.2) is 34.3 Å². The van der Waals surface area contributed by atoms with Crippen molar-refractivity contribution in [2.24, 2.45) is 9.98 Å². The summed E-state index contributed by atoms with van der Waals surface area (Å²) in [6.45, 7) is 3.04. The van der Waals surface area contributed by atoms with Crippen LogP contribution in [0.2, 0.25) is 0 Å². The molecule has 156 valence electrons. The van der Waals surface area contributed by atoms with Crippen LogP contribution in [0.25, 0.3) is 0 Å². The molecule has 10 heteroatoms. The highest BCUT2D eigenvalue weighted by molar-refractivity contribution is 6.70. The molecule has 10 nitrogen and oxygen atoms in total. The zero-order chi connectivity index (χ0) is 21.4. The second-order valence-corrected chi connectivity index (χ2v) is 7.43. The van der Waals surface area contributed by atoms with Gasteiger partial charge in [-0.05, 0) is 25.2 Å². The van der Waals surface area contributed by atoms with Gasteiger partial charge in [0.1, 0.15) is 5.75 Å². The Hall–Kier alpha value is -3.40. The molecule has 4 rings (SSSR count). The molecule has 3 aliphatic heterocycles. The van der Waals surface area contributed by atoms with Crippen LogP contribution in [0.1, 0.15) is 5.56 Å². The number of aliphatic imine (C=N–C) groups is 2. The monoisotopic (exact) mass is 411 g/mol. The number of piperazine rings is 1. The first kappa shape index (κ1) is 19.9. The van der Waals surface area contributed by atoms with Crippen LogP contribution >= 0.6 is 0 Å². The zero-order valence-electron chi connectivity index (χ0n) is 17.2. The third-order valence-corrected chi connectivity index (χ3v) is 5.35. The summed E-state index contributed by atoms with van der Waals surface area (Å²) in [7, 11) is 4.99. The molecular formula is C20H23N6O4+. The molecule has 1 aromatic carbocycles. The quantitative estimate of drug-likeness (QED) is 0.632. The average molecular weight is 411 g/mol. The van der Waals surface area contributed by atoms with E-state index < -0.39 is 11.9 Å². The first-order valence-electron chi connectivity index (χ1n) is 9.65. The van der Waals surface area contributed by atoms with E-state index in [0.29, 0.717) is 30.2 Å². The topological polar surface area (TPSA) is 97.9 Å². The number of urea groups is 1.